The van der Waals surface area contributed by atoms with Gasteiger partial charge in [0.15, 0.2) is 0 Å². The van der Waals surface area contributed by atoms with E-state index in [-0.39, 0.29) is 17.6 Å². The van der Waals surface area contributed by atoms with Crippen molar-refractivity contribution in [3.05, 3.63) is 42.4 Å². The van der Waals surface area contributed by atoms with Crippen LogP contribution in [0.3, 0.4) is 0 Å². The van der Waals surface area contributed by atoms with Crippen LogP contribution in [0.4, 0.5) is 4.79 Å². The number of hydrogen-bond acceptors (Lipinski definition) is 7. The highest BCUT2D eigenvalue weighted by atomic mass is 32.2. The van der Waals surface area contributed by atoms with Crippen molar-refractivity contribution in [2.24, 2.45) is 7.05 Å². The number of aryl methyl sites for hydroxylation is 1. The Morgan fingerprint density at radius 2 is 1.92 bits per heavy atom. The van der Waals surface area contributed by atoms with Gasteiger partial charge in [-0.15, -0.1) is 4.72 Å². The number of nitrogens with zero attached hydrogens (tertiary/aromatic N) is 3. The van der Waals surface area contributed by atoms with Crippen LogP contribution in [0.25, 0.3) is 0 Å². The molecule has 0 spiro atoms. The molecular weight excluding hydrogens is 340 g/mol. The topological polar surface area (TPSA) is 141 Å². The Morgan fingerprint density at radius 1 is 1.29 bits per heavy atom. The molecule has 2 N–H and O–H groups in total. The third-order valence-corrected chi connectivity index (χ3v) is 4.24. The second kappa shape index (κ2) is 7.66. The SMILES string of the molecule is CCOC(=O)c1cnn(C)c1S(=O)(=O)NC(=O)[n+]1ccccc1.[OH-]. The first-order chi connectivity index (χ1) is 10.9. The second-order valence-corrected chi connectivity index (χ2v) is 6.00. The van der Waals surface area contributed by atoms with Crippen molar-refractivity contribution in [3.63, 3.8) is 0 Å². The molecule has 0 aliphatic rings. The highest BCUT2D eigenvalue weighted by Gasteiger charge is 2.34. The fourth-order valence-electron chi connectivity index (χ4n) is 1.84. The number of pyridine rings is 1. The Balaban J connectivity index is 0.00000288. The van der Waals surface area contributed by atoms with Crippen LogP contribution < -0.4 is 9.29 Å². The summed E-state index contributed by atoms with van der Waals surface area (Å²) in [4.78, 5) is 23.8. The molecule has 0 aliphatic carbocycles. The van der Waals surface area contributed by atoms with Crippen LogP contribution in [0.2, 0.25) is 0 Å². The van der Waals surface area contributed by atoms with E-state index in [1.165, 1.54) is 19.4 Å². The summed E-state index contributed by atoms with van der Waals surface area (Å²) in [6.45, 7) is 1.68. The van der Waals surface area contributed by atoms with Gasteiger partial charge in [-0.3, -0.25) is 4.68 Å². The molecule has 24 heavy (non-hydrogen) atoms. The van der Waals surface area contributed by atoms with Crippen LogP contribution in [-0.4, -0.2) is 42.3 Å². The molecule has 10 nitrogen and oxygen atoms in total. The summed E-state index contributed by atoms with van der Waals surface area (Å²) in [5, 5.41) is 3.30. The molecule has 2 aromatic heterocycles. The molecule has 0 atom stereocenters. The smallest absolute Gasteiger partial charge is 0.511 e. The van der Waals surface area contributed by atoms with Gasteiger partial charge in [0.05, 0.1) is 25.2 Å². The van der Waals surface area contributed by atoms with Crippen LogP contribution in [0.5, 0.6) is 0 Å². The molecule has 0 unspecified atom stereocenters. The number of rotatable bonds is 4. The Labute approximate surface area is 138 Å². The third kappa shape index (κ3) is 3.94. The molecule has 11 heteroatoms. The van der Waals surface area contributed by atoms with Crippen molar-refractivity contribution in [1.29, 1.82) is 0 Å². The minimum Gasteiger partial charge on any atom is -0.870 e. The molecule has 0 aliphatic heterocycles. The summed E-state index contributed by atoms with van der Waals surface area (Å²) in [5.41, 5.74) is -0.243. The maximum absolute atomic E-state index is 12.4. The lowest BCUT2D eigenvalue weighted by Crippen LogP contribution is -2.51. The summed E-state index contributed by atoms with van der Waals surface area (Å²) in [7, 11) is -2.97. The highest BCUT2D eigenvalue weighted by molar-refractivity contribution is 7.90. The molecule has 0 fully saturated rings. The zero-order chi connectivity index (χ0) is 17.0. The van der Waals surface area contributed by atoms with E-state index in [2.05, 4.69) is 5.10 Å². The van der Waals surface area contributed by atoms with Gasteiger partial charge in [-0.25, -0.2) is 4.79 Å². The van der Waals surface area contributed by atoms with E-state index < -0.39 is 27.0 Å². The minimum atomic E-state index is -4.31. The number of esters is 1. The van der Waals surface area contributed by atoms with Crippen molar-refractivity contribution in [2.75, 3.05) is 6.61 Å². The van der Waals surface area contributed by atoms with Gasteiger partial charge in [-0.2, -0.15) is 22.9 Å². The maximum atomic E-state index is 12.4. The predicted molar refractivity (Wildman–Crippen MR) is 78.9 cm³/mol. The number of amides is 1. The third-order valence-electron chi connectivity index (χ3n) is 2.81. The Morgan fingerprint density at radius 3 is 2.50 bits per heavy atom. The standard InChI is InChI=1S/C13H14N4O5S.H2O/c1-3-22-12(18)10-9-14-16(2)11(10)23(20,21)15-13(19)17-7-5-4-6-8-17;/h4-9H,3H2,1-2H3;1H2. The van der Waals surface area contributed by atoms with Gasteiger partial charge < -0.3 is 10.2 Å². The normalized spacial score (nSPS) is 10.6. The fourth-order valence-corrected chi connectivity index (χ4v) is 3.10. The quantitative estimate of drug-likeness (QED) is 0.583. The van der Waals surface area contributed by atoms with E-state index >= 15 is 0 Å². The van der Waals surface area contributed by atoms with Crippen LogP contribution in [0.15, 0.2) is 41.8 Å². The zero-order valence-electron chi connectivity index (χ0n) is 12.9. The van der Waals surface area contributed by atoms with Crippen LogP contribution in [-0.2, 0) is 21.8 Å². The van der Waals surface area contributed by atoms with Gasteiger partial charge >= 0.3 is 22.0 Å². The lowest BCUT2D eigenvalue weighted by Gasteiger charge is -2.05. The number of carbonyl (C=O) groups is 2. The molecule has 130 valence electrons. The van der Waals surface area contributed by atoms with Gasteiger partial charge in [0.25, 0.3) is 0 Å². The van der Waals surface area contributed by atoms with Gasteiger partial charge in [0.1, 0.15) is 5.56 Å². The Hall–Kier alpha value is -2.79. The molecule has 0 saturated heterocycles. The lowest BCUT2D eigenvalue weighted by atomic mass is 10.4. The molecular formula is C13H16N4O6S. The molecule has 2 heterocycles. The number of ether oxygens (including phenoxy) is 1. The molecule has 1 amide bonds. The number of carbonyl (C=O) groups excluding carboxylic acids is 2. The van der Waals surface area contributed by atoms with E-state index in [1.807, 2.05) is 4.72 Å². The van der Waals surface area contributed by atoms with E-state index in [0.29, 0.717) is 0 Å². The Kier molecular flexibility index (Phi) is 6.14. The number of hydrogen-bond donors (Lipinski definition) is 1. The van der Waals surface area contributed by atoms with Crippen molar-refractivity contribution in [2.45, 2.75) is 11.9 Å². The summed E-state index contributed by atoms with van der Waals surface area (Å²) in [6, 6.07) is 3.93. The fraction of sp³-hybridized carbons (Fsp3) is 0.231. The summed E-state index contributed by atoms with van der Waals surface area (Å²) >= 11 is 0. The minimum absolute atomic E-state index is 0. The molecule has 0 bridgehead atoms. The predicted octanol–water partition coefficient (Wildman–Crippen LogP) is -0.346. The second-order valence-electron chi connectivity index (χ2n) is 4.40. The first-order valence-corrected chi connectivity index (χ1v) is 8.07. The van der Waals surface area contributed by atoms with Crippen molar-refractivity contribution in [3.8, 4) is 0 Å². The van der Waals surface area contributed by atoms with Gasteiger partial charge in [0, 0.05) is 7.05 Å². The molecule has 2 rings (SSSR count). The average Bonchev–Trinajstić information content (AvgIpc) is 2.91. The van der Waals surface area contributed by atoms with Crippen molar-refractivity contribution < 1.29 is 32.8 Å². The number of nitrogens with one attached hydrogen (secondary N) is 1. The van der Waals surface area contributed by atoms with Gasteiger partial charge in [0.2, 0.25) is 5.03 Å². The summed E-state index contributed by atoms with van der Waals surface area (Å²) < 4.78 is 33.5. The van der Waals surface area contributed by atoms with Gasteiger partial charge in [-0.05, 0) is 19.1 Å². The molecule has 0 saturated carbocycles. The van der Waals surface area contributed by atoms with E-state index in [0.717, 1.165) is 15.4 Å². The summed E-state index contributed by atoms with van der Waals surface area (Å²) in [5.74, 6) is -0.833. The number of aromatic nitrogens is 3. The monoisotopic (exact) mass is 356 g/mol. The zero-order valence-corrected chi connectivity index (χ0v) is 13.7. The van der Waals surface area contributed by atoms with Crippen molar-refractivity contribution in [1.82, 2.24) is 14.5 Å². The highest BCUT2D eigenvalue weighted by Crippen LogP contribution is 2.15. The lowest BCUT2D eigenvalue weighted by molar-refractivity contribution is -0.570. The largest absolute Gasteiger partial charge is 0.870 e. The van der Waals surface area contributed by atoms with Crippen LogP contribution in [0, 0.1) is 0 Å². The van der Waals surface area contributed by atoms with E-state index in [1.54, 1.807) is 25.1 Å². The number of sulfonamides is 1. The first-order valence-electron chi connectivity index (χ1n) is 6.59. The van der Waals surface area contributed by atoms with Crippen molar-refractivity contribution >= 4 is 22.0 Å². The maximum Gasteiger partial charge on any atom is 0.511 e. The van der Waals surface area contributed by atoms with Crippen LogP contribution in [0.1, 0.15) is 17.3 Å². The van der Waals surface area contributed by atoms with Gasteiger partial charge in [-0.1, -0.05) is 6.07 Å². The van der Waals surface area contributed by atoms with E-state index in [4.69, 9.17) is 4.74 Å². The Bertz CT molecular complexity index is 831. The average molecular weight is 356 g/mol. The molecule has 0 aromatic carbocycles. The van der Waals surface area contributed by atoms with Crippen LogP contribution >= 0.6 is 0 Å². The van der Waals surface area contributed by atoms with E-state index in [9.17, 15) is 18.0 Å². The summed E-state index contributed by atoms with van der Waals surface area (Å²) in [6.07, 6.45) is 3.85. The first kappa shape index (κ1) is 19.3. The molecule has 0 radical (unpaired) electrons. The molecule has 2 aromatic rings.